The molecule has 4 rings (SSSR count). The minimum Gasteiger partial charge on any atom is -0.494 e. The third kappa shape index (κ3) is 26.6. The van der Waals surface area contributed by atoms with Crippen LogP contribution in [-0.2, 0) is 52.2 Å². The summed E-state index contributed by atoms with van der Waals surface area (Å²) in [6, 6.07) is 10.9. The zero-order valence-electron chi connectivity index (χ0n) is 50.2. The zero-order valence-corrected chi connectivity index (χ0v) is 54.7. The first-order valence-corrected chi connectivity index (χ1v) is 40.8. The van der Waals surface area contributed by atoms with Gasteiger partial charge in [0.15, 0.2) is 11.6 Å². The Morgan fingerprint density at radius 2 is 1.19 bits per heavy atom. The fraction of sp³-hybridized carbons (Fsp3) is 0.625. The van der Waals surface area contributed by atoms with Gasteiger partial charge in [-0.3, -0.25) is 27.8 Å². The summed E-state index contributed by atoms with van der Waals surface area (Å²) in [5, 5.41) is 31.1. The van der Waals surface area contributed by atoms with Crippen LogP contribution in [0.3, 0.4) is 0 Å². The quantitative estimate of drug-likeness (QED) is 0.00671. The minimum absolute atomic E-state index is 0.0646. The van der Waals surface area contributed by atoms with Crippen LogP contribution in [0.15, 0.2) is 67.3 Å². The molecule has 0 bridgehead atoms. The first kappa shape index (κ1) is 71.3. The van der Waals surface area contributed by atoms with Crippen molar-refractivity contribution >= 4 is 93.1 Å². The van der Waals surface area contributed by atoms with E-state index in [4.69, 9.17) is 4.74 Å². The van der Waals surface area contributed by atoms with Crippen molar-refractivity contribution < 1.29 is 53.5 Å². The van der Waals surface area contributed by atoms with E-state index in [0.29, 0.717) is 26.1 Å². The van der Waals surface area contributed by atoms with Crippen molar-refractivity contribution in [1.29, 1.82) is 0 Å². The molecule has 0 radical (unpaired) electrons. The molecule has 2 aromatic carbocycles. The van der Waals surface area contributed by atoms with Gasteiger partial charge in [-0.1, -0.05) is 153 Å². The summed E-state index contributed by atoms with van der Waals surface area (Å²) in [5.41, 5.74) is -0.881. The number of nitrogens with one attached hydrogen (secondary N) is 4. The van der Waals surface area contributed by atoms with E-state index >= 15 is 0 Å². The SMILES string of the molecule is CCCCCCCCCCCCCCCCCCOC(=O)CCNCCC[Si](C)(C)C[Si](C)(C)CCCNc1nc(Nc2cccc(S(=O)(=O)O)c2)nc(Nc2ccc(S(=O)(=O)O)c(N=Nc3c(C)c(CS(=O)(=O)O)c(O)n(CC)c3=O)c2)n1. The number of aromatic nitrogens is 4. The number of azo groups is 1. The first-order valence-electron chi connectivity index (χ1n) is 29.5. The second-order valence-corrected chi connectivity index (χ2v) is 38.5. The van der Waals surface area contributed by atoms with E-state index in [0.717, 1.165) is 61.0 Å². The summed E-state index contributed by atoms with van der Waals surface area (Å²) >= 11 is 0. The number of hydrogen-bond acceptors (Lipinski definition) is 19. The smallest absolute Gasteiger partial charge is 0.307 e. The van der Waals surface area contributed by atoms with Gasteiger partial charge in [0, 0.05) is 52.7 Å². The Labute approximate surface area is 499 Å². The van der Waals surface area contributed by atoms with Gasteiger partial charge in [0.25, 0.3) is 35.9 Å². The summed E-state index contributed by atoms with van der Waals surface area (Å²) in [6.07, 6.45) is 23.0. The van der Waals surface area contributed by atoms with Crippen LogP contribution in [0.1, 0.15) is 147 Å². The maximum Gasteiger partial charge on any atom is 0.307 e. The Hall–Kier alpha value is -5.21. The predicted octanol–water partition coefficient (Wildman–Crippen LogP) is 12.8. The Kier molecular flexibility index (Phi) is 29.5. The molecule has 4 aromatic rings. The maximum absolute atomic E-state index is 13.4. The summed E-state index contributed by atoms with van der Waals surface area (Å²) in [4.78, 5) is 38.1. The Bertz CT molecular complexity index is 3190. The second-order valence-electron chi connectivity index (χ2n) is 23.1. The van der Waals surface area contributed by atoms with Crippen LogP contribution < -0.4 is 26.8 Å². The van der Waals surface area contributed by atoms with Gasteiger partial charge >= 0.3 is 5.97 Å². The van der Waals surface area contributed by atoms with Crippen molar-refractivity contribution in [3.05, 3.63) is 63.9 Å². The predicted molar refractivity (Wildman–Crippen MR) is 336 cm³/mol. The van der Waals surface area contributed by atoms with Crippen molar-refractivity contribution in [2.24, 2.45) is 10.2 Å². The lowest BCUT2D eigenvalue weighted by Crippen LogP contribution is -2.40. The molecule has 0 saturated heterocycles. The number of carbonyl (C=O) groups is 1. The van der Waals surface area contributed by atoms with Crippen LogP contribution in [0.5, 0.6) is 5.88 Å². The molecule has 8 N–H and O–H groups in total. The number of pyridine rings is 1. The topological polar surface area (TPSA) is 343 Å². The van der Waals surface area contributed by atoms with E-state index in [-0.39, 0.29) is 57.8 Å². The normalized spacial score (nSPS) is 12.5. The van der Waals surface area contributed by atoms with Gasteiger partial charge in [-0.15, -0.1) is 10.2 Å². The summed E-state index contributed by atoms with van der Waals surface area (Å²) < 4.78 is 108. The van der Waals surface area contributed by atoms with E-state index in [1.807, 2.05) is 0 Å². The molecule has 2 heterocycles. The summed E-state index contributed by atoms with van der Waals surface area (Å²) in [7, 11) is -17.5. The Morgan fingerprint density at radius 3 is 1.73 bits per heavy atom. The average Bonchev–Trinajstić information content (AvgIpc) is 3.46. The van der Waals surface area contributed by atoms with E-state index < -0.39 is 80.0 Å². The number of aromatic hydroxyl groups is 1. The molecule has 0 aliphatic carbocycles. The molecule has 28 heteroatoms. The van der Waals surface area contributed by atoms with E-state index in [1.165, 1.54) is 140 Å². The zero-order chi connectivity index (χ0) is 62.0. The van der Waals surface area contributed by atoms with Gasteiger partial charge < -0.3 is 31.1 Å². The molecule has 2 aromatic heterocycles. The molecule has 23 nitrogen and oxygen atoms in total. The monoisotopic (exact) mass is 1260 g/mol. The van der Waals surface area contributed by atoms with Gasteiger partial charge in [-0.05, 0) is 81.6 Å². The summed E-state index contributed by atoms with van der Waals surface area (Å²) in [5.74, 6) is -2.00. The molecular weight excluding hydrogens is 1170 g/mol. The lowest BCUT2D eigenvalue weighted by molar-refractivity contribution is -0.143. The maximum atomic E-state index is 13.4. The number of anilines is 5. The number of esters is 1. The fourth-order valence-corrected chi connectivity index (χ4v) is 26.2. The number of benzene rings is 2. The molecule has 0 fully saturated rings. The van der Waals surface area contributed by atoms with Crippen molar-refractivity contribution in [3.63, 3.8) is 0 Å². The van der Waals surface area contributed by atoms with Crippen LogP contribution in [0.2, 0.25) is 43.9 Å². The summed E-state index contributed by atoms with van der Waals surface area (Å²) in [6.45, 7) is 16.9. The minimum atomic E-state index is -4.96. The largest absolute Gasteiger partial charge is 0.494 e. The molecule has 0 amide bonds. The van der Waals surface area contributed by atoms with Gasteiger partial charge in [-0.2, -0.15) is 40.2 Å². The van der Waals surface area contributed by atoms with Crippen LogP contribution in [-0.4, -0.2) is 112 Å². The standard InChI is InChI=1S/C56H92N10O13S3Si2/c1-8-10-11-12-13-14-15-16-17-18-19-20-21-22-23-24-36-79-50(67)32-35-57-33-26-37-83(4,5)42-84(6,7)38-27-34-58-54-61-55(59-44-28-25-29-46(39-44)81(73,74)75)63-56(62-54)60-45-30-31-49(82(76,77)78)48(40-45)64-65-51-43(3)47(41-80(70,71)72)52(68)66(9-2)53(51)69/h25,28-31,39-40,57,68H,8-24,26-27,32-38,41-42H2,1-7H3,(H,70,71,72)(H,73,74,75)(H,76,77,78)(H3,58,59,60,61,62,63). The number of rotatable bonds is 42. The molecular formula is C56H92N10O13S3Si2. The number of carbonyl (C=O) groups excluding carboxylic acids is 1. The molecule has 0 aliphatic rings. The lowest BCUT2D eigenvalue weighted by atomic mass is 10.0. The van der Waals surface area contributed by atoms with Gasteiger partial charge in [0.2, 0.25) is 17.8 Å². The molecule has 0 atom stereocenters. The van der Waals surface area contributed by atoms with Crippen LogP contribution in [0, 0.1) is 6.92 Å². The third-order valence-electron chi connectivity index (χ3n) is 14.4. The fourth-order valence-electron chi connectivity index (χ4n) is 10.3. The van der Waals surface area contributed by atoms with Crippen molar-refractivity contribution in [3.8, 4) is 5.88 Å². The number of nitrogens with zero attached hydrogens (tertiary/aromatic N) is 6. The Morgan fingerprint density at radius 1 is 0.655 bits per heavy atom. The lowest BCUT2D eigenvalue weighted by Gasteiger charge is -2.32. The molecule has 0 aliphatic heterocycles. The number of hydrogen-bond donors (Lipinski definition) is 8. The molecule has 0 unspecified atom stereocenters. The molecule has 470 valence electrons. The molecule has 84 heavy (non-hydrogen) atoms. The highest BCUT2D eigenvalue weighted by Gasteiger charge is 2.31. The molecule has 0 saturated carbocycles. The highest BCUT2D eigenvalue weighted by atomic mass is 32.2. The van der Waals surface area contributed by atoms with Gasteiger partial charge in [-0.25, -0.2) is 0 Å². The molecule has 0 spiro atoms. The van der Waals surface area contributed by atoms with E-state index in [9.17, 15) is 53.6 Å². The van der Waals surface area contributed by atoms with Crippen LogP contribution in [0.4, 0.5) is 40.6 Å². The third-order valence-corrected chi connectivity index (χ3v) is 27.9. The van der Waals surface area contributed by atoms with Crippen molar-refractivity contribution in [2.75, 3.05) is 42.2 Å². The highest BCUT2D eigenvalue weighted by Crippen LogP contribution is 2.34. The van der Waals surface area contributed by atoms with Crippen molar-refractivity contribution in [1.82, 2.24) is 24.8 Å². The Balaban J connectivity index is 1.30. The first-order chi connectivity index (χ1) is 39.6. The van der Waals surface area contributed by atoms with Gasteiger partial charge in [0.1, 0.15) is 16.3 Å². The highest BCUT2D eigenvalue weighted by molar-refractivity contribution is 7.86. The average molecular weight is 1270 g/mol. The van der Waals surface area contributed by atoms with Crippen LogP contribution >= 0.6 is 0 Å². The van der Waals surface area contributed by atoms with Gasteiger partial charge in [0.05, 0.1) is 17.9 Å². The number of unbranched alkanes of at least 4 members (excludes halogenated alkanes) is 15. The van der Waals surface area contributed by atoms with E-state index in [1.54, 1.807) is 0 Å². The van der Waals surface area contributed by atoms with Crippen LogP contribution in [0.25, 0.3) is 0 Å². The number of ether oxygens (including phenoxy) is 1. The second kappa shape index (κ2) is 34.8. The van der Waals surface area contributed by atoms with Crippen molar-refractivity contribution in [2.45, 2.75) is 209 Å². The van der Waals surface area contributed by atoms with E-state index in [2.05, 4.69) is 79.6 Å².